The Labute approximate surface area is 201 Å². The van der Waals surface area contributed by atoms with Gasteiger partial charge in [0, 0.05) is 5.56 Å². The van der Waals surface area contributed by atoms with E-state index in [2.05, 4.69) is 27.8 Å². The topological polar surface area (TPSA) is 81.1 Å². The predicted molar refractivity (Wildman–Crippen MR) is 134 cm³/mol. The fraction of sp³-hybridized carbons (Fsp3) is 0.167. The minimum absolute atomic E-state index is 0.125. The molecular weight excluding hydrogens is 458 g/mol. The number of carbonyl (C=O) groups excluding carboxylic acids is 1. The van der Waals surface area contributed by atoms with Crippen LogP contribution < -0.4 is 15.4 Å². The van der Waals surface area contributed by atoms with Gasteiger partial charge in [0.2, 0.25) is 0 Å². The number of carbonyl (C=O) groups is 1. The van der Waals surface area contributed by atoms with E-state index in [-0.39, 0.29) is 11.0 Å². The smallest absolute Gasteiger partial charge is 0.257 e. The van der Waals surface area contributed by atoms with Gasteiger partial charge in [0.05, 0.1) is 23.0 Å². The molecule has 0 bridgehead atoms. The van der Waals surface area contributed by atoms with Crippen LogP contribution in [0.5, 0.6) is 5.75 Å². The normalized spacial score (nSPS) is 10.7. The number of thiocarbonyl (C=S) groups is 1. The van der Waals surface area contributed by atoms with E-state index < -0.39 is 0 Å². The highest BCUT2D eigenvalue weighted by Gasteiger charge is 2.13. The number of ether oxygens (including phenoxy) is 1. The number of nitrogens with zero attached hydrogens (tertiary/aromatic N) is 3. The molecule has 1 amide bonds. The molecular formula is C24H22ClN5O2S. The van der Waals surface area contributed by atoms with Crippen LogP contribution >= 0.6 is 23.8 Å². The van der Waals surface area contributed by atoms with Gasteiger partial charge in [-0.25, -0.2) is 0 Å². The summed E-state index contributed by atoms with van der Waals surface area (Å²) in [6.07, 6.45) is 2.05. The van der Waals surface area contributed by atoms with Gasteiger partial charge in [0.25, 0.3) is 5.91 Å². The molecule has 2 N–H and O–H groups in total. The standard InChI is InChI=1S/C24H22ClN5O2S/c1-2-3-13-32-18-11-9-16(10-12-18)23(31)27-24(33)26-20-15-22-21(14-19(20)25)28-30(29-22)17-7-5-4-6-8-17/h4-12,14-15H,2-3,13H2,1H3,(H2,26,27,31,33). The van der Waals surface area contributed by atoms with Crippen molar-refractivity contribution in [2.45, 2.75) is 19.8 Å². The monoisotopic (exact) mass is 479 g/mol. The average Bonchev–Trinajstić information content (AvgIpc) is 3.23. The van der Waals surface area contributed by atoms with E-state index in [1.54, 1.807) is 41.2 Å². The largest absolute Gasteiger partial charge is 0.494 e. The van der Waals surface area contributed by atoms with Gasteiger partial charge in [-0.15, -0.1) is 10.2 Å². The molecule has 0 atom stereocenters. The summed E-state index contributed by atoms with van der Waals surface area (Å²) in [5, 5.41) is 15.1. The summed E-state index contributed by atoms with van der Waals surface area (Å²) in [5.74, 6) is 0.393. The van der Waals surface area contributed by atoms with E-state index >= 15 is 0 Å². The number of anilines is 1. The lowest BCUT2D eigenvalue weighted by Gasteiger charge is -2.11. The summed E-state index contributed by atoms with van der Waals surface area (Å²) in [7, 11) is 0. The number of para-hydroxylation sites is 1. The van der Waals surface area contributed by atoms with Crippen LogP contribution in [0.3, 0.4) is 0 Å². The first-order valence-corrected chi connectivity index (χ1v) is 11.3. The van der Waals surface area contributed by atoms with Crippen molar-refractivity contribution in [3.8, 4) is 11.4 Å². The molecule has 0 saturated heterocycles. The van der Waals surface area contributed by atoms with Gasteiger partial charge >= 0.3 is 0 Å². The van der Waals surface area contributed by atoms with E-state index in [1.165, 1.54) is 0 Å². The van der Waals surface area contributed by atoms with E-state index in [9.17, 15) is 4.79 Å². The van der Waals surface area contributed by atoms with Crippen LogP contribution in [0.25, 0.3) is 16.7 Å². The van der Waals surface area contributed by atoms with Gasteiger partial charge in [-0.05, 0) is 67.2 Å². The highest BCUT2D eigenvalue weighted by molar-refractivity contribution is 7.80. The molecule has 0 saturated carbocycles. The molecule has 1 aromatic heterocycles. The second-order valence-corrected chi connectivity index (χ2v) is 8.10. The Morgan fingerprint density at radius 1 is 1.06 bits per heavy atom. The fourth-order valence-electron chi connectivity index (χ4n) is 3.08. The second-order valence-electron chi connectivity index (χ2n) is 7.28. The maximum Gasteiger partial charge on any atom is 0.257 e. The number of hydrogen-bond acceptors (Lipinski definition) is 5. The van der Waals surface area contributed by atoms with Crippen LogP contribution in [-0.4, -0.2) is 32.6 Å². The second kappa shape index (κ2) is 10.4. The summed E-state index contributed by atoms with van der Waals surface area (Å²) in [6.45, 7) is 2.76. The van der Waals surface area contributed by atoms with Crippen LogP contribution in [0.2, 0.25) is 5.02 Å². The molecule has 0 aliphatic carbocycles. The van der Waals surface area contributed by atoms with Crippen LogP contribution in [0, 0.1) is 0 Å². The van der Waals surface area contributed by atoms with Crippen LogP contribution in [0.1, 0.15) is 30.1 Å². The van der Waals surface area contributed by atoms with Crippen molar-refractivity contribution in [1.29, 1.82) is 0 Å². The number of aromatic nitrogens is 3. The minimum atomic E-state index is -0.333. The number of fused-ring (bicyclic) bond motifs is 1. The first-order chi connectivity index (χ1) is 16.0. The van der Waals surface area contributed by atoms with Gasteiger partial charge < -0.3 is 10.1 Å². The SMILES string of the molecule is CCCCOc1ccc(C(=O)NC(=S)Nc2cc3nn(-c4ccccc4)nc3cc2Cl)cc1. The van der Waals surface area contributed by atoms with Gasteiger partial charge in [0.1, 0.15) is 16.8 Å². The minimum Gasteiger partial charge on any atom is -0.494 e. The number of unbranched alkanes of at least 4 members (excludes halogenated alkanes) is 1. The number of nitrogens with one attached hydrogen (secondary N) is 2. The van der Waals surface area contributed by atoms with E-state index in [0.29, 0.717) is 33.9 Å². The van der Waals surface area contributed by atoms with Crippen molar-refractivity contribution in [3.05, 3.63) is 77.3 Å². The first-order valence-electron chi connectivity index (χ1n) is 10.5. The summed E-state index contributed by atoms with van der Waals surface area (Å²) < 4.78 is 5.62. The van der Waals surface area contributed by atoms with Crippen molar-refractivity contribution in [3.63, 3.8) is 0 Å². The van der Waals surface area contributed by atoms with Crippen molar-refractivity contribution in [2.75, 3.05) is 11.9 Å². The number of rotatable bonds is 7. The lowest BCUT2D eigenvalue weighted by molar-refractivity contribution is 0.0977. The Balaban J connectivity index is 1.42. The van der Waals surface area contributed by atoms with Gasteiger partial charge in [-0.1, -0.05) is 43.1 Å². The molecule has 0 aliphatic rings. The molecule has 3 aromatic carbocycles. The molecule has 4 rings (SSSR count). The summed E-state index contributed by atoms with van der Waals surface area (Å²) in [5.41, 5.74) is 3.11. The molecule has 33 heavy (non-hydrogen) atoms. The number of amides is 1. The van der Waals surface area contributed by atoms with Crippen molar-refractivity contribution < 1.29 is 9.53 Å². The van der Waals surface area contributed by atoms with E-state index in [0.717, 1.165) is 24.3 Å². The lowest BCUT2D eigenvalue weighted by atomic mass is 10.2. The maximum absolute atomic E-state index is 12.5. The van der Waals surface area contributed by atoms with Gasteiger partial charge in [-0.3, -0.25) is 10.1 Å². The lowest BCUT2D eigenvalue weighted by Crippen LogP contribution is -2.34. The molecule has 9 heteroatoms. The molecule has 1 heterocycles. The Morgan fingerprint density at radius 2 is 1.76 bits per heavy atom. The molecule has 0 aliphatic heterocycles. The Morgan fingerprint density at radius 3 is 2.45 bits per heavy atom. The third-order valence-corrected chi connectivity index (χ3v) is 5.33. The third-order valence-electron chi connectivity index (χ3n) is 4.81. The van der Waals surface area contributed by atoms with Crippen molar-refractivity contribution in [1.82, 2.24) is 20.3 Å². The highest BCUT2D eigenvalue weighted by atomic mass is 35.5. The third kappa shape index (κ3) is 5.66. The van der Waals surface area contributed by atoms with Crippen molar-refractivity contribution >= 4 is 51.6 Å². The molecule has 7 nitrogen and oxygen atoms in total. The predicted octanol–water partition coefficient (Wildman–Crippen LogP) is 5.38. The Hall–Kier alpha value is -3.49. The summed E-state index contributed by atoms with van der Waals surface area (Å²) in [4.78, 5) is 14.1. The zero-order chi connectivity index (χ0) is 23.2. The maximum atomic E-state index is 12.5. The molecule has 0 unspecified atom stereocenters. The molecule has 0 radical (unpaired) electrons. The number of benzene rings is 3. The fourth-order valence-corrected chi connectivity index (χ4v) is 3.48. The summed E-state index contributed by atoms with van der Waals surface area (Å²) >= 11 is 11.7. The van der Waals surface area contributed by atoms with Crippen LogP contribution in [-0.2, 0) is 0 Å². The molecule has 168 valence electrons. The Bertz CT molecular complexity index is 1280. The van der Waals surface area contributed by atoms with Gasteiger partial charge in [0.15, 0.2) is 5.11 Å². The van der Waals surface area contributed by atoms with Crippen LogP contribution in [0.15, 0.2) is 66.7 Å². The number of hydrogen-bond donors (Lipinski definition) is 2. The van der Waals surface area contributed by atoms with E-state index in [4.69, 9.17) is 28.6 Å². The summed E-state index contributed by atoms with van der Waals surface area (Å²) in [6, 6.07) is 19.9. The number of halogens is 1. The van der Waals surface area contributed by atoms with Gasteiger partial charge in [-0.2, -0.15) is 4.80 Å². The molecule has 0 spiro atoms. The first kappa shape index (κ1) is 22.7. The molecule has 4 aromatic rings. The van der Waals surface area contributed by atoms with Crippen molar-refractivity contribution in [2.24, 2.45) is 0 Å². The van der Waals surface area contributed by atoms with Crippen LogP contribution in [0.4, 0.5) is 5.69 Å². The quantitative estimate of drug-likeness (QED) is 0.273. The van der Waals surface area contributed by atoms with E-state index in [1.807, 2.05) is 30.3 Å². The highest BCUT2D eigenvalue weighted by Crippen LogP contribution is 2.27. The zero-order valence-electron chi connectivity index (χ0n) is 17.9. The Kier molecular flexibility index (Phi) is 7.16. The molecule has 0 fully saturated rings. The zero-order valence-corrected chi connectivity index (χ0v) is 19.5. The average molecular weight is 480 g/mol.